The van der Waals surface area contributed by atoms with Crippen LogP contribution >= 0.6 is 0 Å². The molecule has 0 saturated heterocycles. The Balaban J connectivity index is 1.49. The predicted molar refractivity (Wildman–Crippen MR) is 85.2 cm³/mol. The van der Waals surface area contributed by atoms with Gasteiger partial charge in [0.05, 0.1) is 5.56 Å². The molecule has 1 aliphatic carbocycles. The van der Waals surface area contributed by atoms with E-state index in [0.29, 0.717) is 25.1 Å². The summed E-state index contributed by atoms with van der Waals surface area (Å²) >= 11 is 0. The molecule has 0 heterocycles. The van der Waals surface area contributed by atoms with Gasteiger partial charge in [0.25, 0.3) is 0 Å². The second-order valence-electron chi connectivity index (χ2n) is 6.25. The van der Waals surface area contributed by atoms with Gasteiger partial charge in [-0.15, -0.1) is 0 Å². The van der Waals surface area contributed by atoms with Crippen LogP contribution in [0.3, 0.4) is 0 Å². The molecule has 1 fully saturated rings. The van der Waals surface area contributed by atoms with Gasteiger partial charge in [-0.05, 0) is 60.5 Å². The van der Waals surface area contributed by atoms with Crippen LogP contribution < -0.4 is 5.32 Å². The Kier molecular flexibility index (Phi) is 4.90. The Labute approximate surface area is 138 Å². The van der Waals surface area contributed by atoms with E-state index in [0.717, 1.165) is 23.6 Å². The third-order valence-electron chi connectivity index (χ3n) is 4.28. The summed E-state index contributed by atoms with van der Waals surface area (Å²) in [5, 5.41) is 3.21. The van der Waals surface area contributed by atoms with Gasteiger partial charge in [-0.3, -0.25) is 0 Å². The van der Waals surface area contributed by atoms with Crippen molar-refractivity contribution in [2.45, 2.75) is 37.9 Å². The summed E-state index contributed by atoms with van der Waals surface area (Å²) in [5.74, 6) is -0.497. The molecule has 0 atom stereocenters. The zero-order chi connectivity index (χ0) is 17.2. The van der Waals surface area contributed by atoms with E-state index >= 15 is 0 Å². The molecule has 1 saturated carbocycles. The lowest BCUT2D eigenvalue weighted by Crippen LogP contribution is -2.17. The lowest BCUT2D eigenvalue weighted by molar-refractivity contribution is -0.140. The maximum absolute atomic E-state index is 13.2. The van der Waals surface area contributed by atoms with Crippen LogP contribution in [0.1, 0.15) is 41.0 Å². The maximum atomic E-state index is 13.2. The minimum Gasteiger partial charge on any atom is -0.312 e. The molecule has 0 aliphatic heterocycles. The Morgan fingerprint density at radius 3 is 2.25 bits per heavy atom. The third-order valence-corrected chi connectivity index (χ3v) is 4.28. The molecule has 3 rings (SSSR count). The molecule has 24 heavy (non-hydrogen) atoms. The molecule has 0 aromatic heterocycles. The van der Waals surface area contributed by atoms with E-state index in [2.05, 4.69) is 29.6 Å². The number of nitrogens with one attached hydrogen (secondary N) is 1. The monoisotopic (exact) mass is 337 g/mol. The smallest absolute Gasteiger partial charge is 0.312 e. The molecule has 0 amide bonds. The molecule has 0 spiro atoms. The normalized spacial score (nSPS) is 14.8. The summed E-state index contributed by atoms with van der Waals surface area (Å²) in [5.41, 5.74) is 1.80. The Morgan fingerprint density at radius 2 is 1.62 bits per heavy atom. The standard InChI is InChI=1S/C19H19F4N/c20-18-8-3-13(11-17(18)19(21,22)23)9-10-24-12-14-1-4-15(5-2-14)16-6-7-16/h1-5,8,11,16,24H,6-7,9-10,12H2. The third kappa shape index (κ3) is 4.35. The molecule has 0 bridgehead atoms. The highest BCUT2D eigenvalue weighted by molar-refractivity contribution is 5.29. The fraction of sp³-hybridized carbons (Fsp3) is 0.368. The molecule has 1 N–H and O–H groups in total. The molecule has 128 valence electrons. The van der Waals surface area contributed by atoms with Crippen LogP contribution in [-0.4, -0.2) is 6.54 Å². The van der Waals surface area contributed by atoms with Gasteiger partial charge in [-0.2, -0.15) is 13.2 Å². The van der Waals surface area contributed by atoms with Crippen molar-refractivity contribution in [2.75, 3.05) is 6.54 Å². The van der Waals surface area contributed by atoms with E-state index in [1.807, 2.05) is 0 Å². The molecule has 1 aliphatic rings. The summed E-state index contributed by atoms with van der Waals surface area (Å²) < 4.78 is 51.3. The minimum absolute atomic E-state index is 0.420. The second-order valence-corrected chi connectivity index (χ2v) is 6.25. The number of halogens is 4. The van der Waals surface area contributed by atoms with Gasteiger partial charge in [0.15, 0.2) is 0 Å². The molecule has 1 nitrogen and oxygen atoms in total. The largest absolute Gasteiger partial charge is 0.419 e. The summed E-state index contributed by atoms with van der Waals surface area (Å²) in [7, 11) is 0. The first-order valence-corrected chi connectivity index (χ1v) is 8.08. The number of benzene rings is 2. The number of hydrogen-bond donors (Lipinski definition) is 1. The first-order chi connectivity index (χ1) is 11.4. The highest BCUT2D eigenvalue weighted by Gasteiger charge is 2.34. The summed E-state index contributed by atoms with van der Waals surface area (Å²) in [4.78, 5) is 0. The zero-order valence-electron chi connectivity index (χ0n) is 13.2. The number of alkyl halides is 3. The first-order valence-electron chi connectivity index (χ1n) is 8.08. The quantitative estimate of drug-likeness (QED) is 0.574. The minimum atomic E-state index is -4.66. The van der Waals surface area contributed by atoms with Crippen LogP contribution in [0.15, 0.2) is 42.5 Å². The molecular formula is C19H19F4N. The number of hydrogen-bond acceptors (Lipinski definition) is 1. The molecule has 2 aromatic rings. The SMILES string of the molecule is Fc1ccc(CCNCc2ccc(C3CC3)cc2)cc1C(F)(F)F. The van der Waals surface area contributed by atoms with E-state index in [1.165, 1.54) is 24.5 Å². The average molecular weight is 337 g/mol. The lowest BCUT2D eigenvalue weighted by Gasteiger charge is -2.10. The predicted octanol–water partition coefficient (Wildman–Crippen LogP) is 5.05. The summed E-state index contributed by atoms with van der Waals surface area (Å²) in [6.07, 6.45) is -1.69. The number of rotatable bonds is 6. The van der Waals surface area contributed by atoms with Crippen molar-refractivity contribution < 1.29 is 17.6 Å². The van der Waals surface area contributed by atoms with E-state index in [9.17, 15) is 17.6 Å². The van der Waals surface area contributed by atoms with Crippen LogP contribution in [0.2, 0.25) is 0 Å². The molecule has 2 aromatic carbocycles. The Hall–Kier alpha value is -1.88. The summed E-state index contributed by atoms with van der Waals surface area (Å²) in [6, 6.07) is 11.6. The summed E-state index contributed by atoms with van der Waals surface area (Å²) in [6.45, 7) is 1.20. The van der Waals surface area contributed by atoms with E-state index in [1.54, 1.807) is 0 Å². The average Bonchev–Trinajstić information content (AvgIpc) is 3.37. The van der Waals surface area contributed by atoms with Gasteiger partial charge < -0.3 is 5.32 Å². The zero-order valence-corrected chi connectivity index (χ0v) is 13.2. The van der Waals surface area contributed by atoms with Gasteiger partial charge in [-0.1, -0.05) is 30.3 Å². The second kappa shape index (κ2) is 6.93. The van der Waals surface area contributed by atoms with E-state index < -0.39 is 17.6 Å². The fourth-order valence-electron chi connectivity index (χ4n) is 2.73. The van der Waals surface area contributed by atoms with Gasteiger partial charge in [0.2, 0.25) is 0 Å². The molecule has 0 radical (unpaired) electrons. The van der Waals surface area contributed by atoms with Gasteiger partial charge in [-0.25, -0.2) is 4.39 Å². The van der Waals surface area contributed by atoms with Gasteiger partial charge >= 0.3 is 6.18 Å². The fourth-order valence-corrected chi connectivity index (χ4v) is 2.73. The van der Waals surface area contributed by atoms with Crippen molar-refractivity contribution in [3.63, 3.8) is 0 Å². The van der Waals surface area contributed by atoms with Crippen molar-refractivity contribution in [1.29, 1.82) is 0 Å². The van der Waals surface area contributed by atoms with Crippen LogP contribution in [0, 0.1) is 5.82 Å². The van der Waals surface area contributed by atoms with Gasteiger partial charge in [0, 0.05) is 6.54 Å². The molecule has 0 unspecified atom stereocenters. The Morgan fingerprint density at radius 1 is 0.958 bits per heavy atom. The van der Waals surface area contributed by atoms with Crippen molar-refractivity contribution in [1.82, 2.24) is 5.32 Å². The highest BCUT2D eigenvalue weighted by Crippen LogP contribution is 2.39. The topological polar surface area (TPSA) is 12.0 Å². The highest BCUT2D eigenvalue weighted by atomic mass is 19.4. The van der Waals surface area contributed by atoms with Crippen LogP contribution in [0.5, 0.6) is 0 Å². The van der Waals surface area contributed by atoms with Crippen molar-refractivity contribution >= 4 is 0 Å². The van der Waals surface area contributed by atoms with Crippen molar-refractivity contribution in [3.8, 4) is 0 Å². The van der Waals surface area contributed by atoms with Gasteiger partial charge in [0.1, 0.15) is 5.82 Å². The van der Waals surface area contributed by atoms with Crippen molar-refractivity contribution in [2.24, 2.45) is 0 Å². The van der Waals surface area contributed by atoms with Crippen LogP contribution in [0.25, 0.3) is 0 Å². The van der Waals surface area contributed by atoms with Crippen LogP contribution in [0.4, 0.5) is 17.6 Å². The lowest BCUT2D eigenvalue weighted by atomic mass is 10.1. The van der Waals surface area contributed by atoms with E-state index in [4.69, 9.17) is 0 Å². The first kappa shape index (κ1) is 17.0. The molecular weight excluding hydrogens is 318 g/mol. The Bertz CT molecular complexity index is 688. The van der Waals surface area contributed by atoms with E-state index in [-0.39, 0.29) is 0 Å². The maximum Gasteiger partial charge on any atom is 0.419 e. The van der Waals surface area contributed by atoms with Crippen LogP contribution in [-0.2, 0) is 19.1 Å². The van der Waals surface area contributed by atoms with Crippen molar-refractivity contribution in [3.05, 3.63) is 70.5 Å². The molecule has 5 heteroatoms.